The summed E-state index contributed by atoms with van der Waals surface area (Å²) in [5.41, 5.74) is 1.93. The predicted molar refractivity (Wildman–Crippen MR) is 94.5 cm³/mol. The minimum atomic E-state index is -0.534. The van der Waals surface area contributed by atoms with Gasteiger partial charge in [-0.25, -0.2) is 0 Å². The first-order chi connectivity index (χ1) is 12.0. The van der Waals surface area contributed by atoms with Gasteiger partial charge >= 0.3 is 0 Å². The summed E-state index contributed by atoms with van der Waals surface area (Å²) in [6, 6.07) is 9.18. The molecular formula is C20H23N3O2. The fourth-order valence-electron chi connectivity index (χ4n) is 3.30. The second-order valence-corrected chi connectivity index (χ2v) is 7.05. The summed E-state index contributed by atoms with van der Waals surface area (Å²) in [7, 11) is 3.62. The third-order valence-electron chi connectivity index (χ3n) is 4.76. The van der Waals surface area contributed by atoms with Crippen LogP contribution in [0.4, 0.5) is 0 Å². The average Bonchev–Trinajstić information content (AvgIpc) is 3.37. The number of amides is 1. The van der Waals surface area contributed by atoms with Gasteiger partial charge < -0.3 is 14.9 Å². The summed E-state index contributed by atoms with van der Waals surface area (Å²) < 4.78 is 0. The van der Waals surface area contributed by atoms with E-state index >= 15 is 0 Å². The lowest BCUT2D eigenvalue weighted by Gasteiger charge is -2.51. The normalized spacial score (nSPS) is 24.9. The van der Waals surface area contributed by atoms with Gasteiger partial charge in [0.1, 0.15) is 6.04 Å². The van der Waals surface area contributed by atoms with Gasteiger partial charge in [0.15, 0.2) is 0 Å². The van der Waals surface area contributed by atoms with E-state index in [1.807, 2.05) is 38.4 Å². The predicted octanol–water partition coefficient (Wildman–Crippen LogP) is 1.19. The first-order valence-electron chi connectivity index (χ1n) is 8.63. The molecule has 2 aliphatic rings. The molecule has 1 aliphatic heterocycles. The van der Waals surface area contributed by atoms with Crippen LogP contribution in [0.25, 0.3) is 0 Å². The van der Waals surface area contributed by atoms with Crippen molar-refractivity contribution >= 4 is 5.91 Å². The largest absolute Gasteiger partial charge is 0.394 e. The van der Waals surface area contributed by atoms with Crippen LogP contribution in [0.2, 0.25) is 0 Å². The highest BCUT2D eigenvalue weighted by Crippen LogP contribution is 2.40. The third-order valence-corrected chi connectivity index (χ3v) is 4.76. The lowest BCUT2D eigenvalue weighted by molar-refractivity contribution is -0.147. The van der Waals surface area contributed by atoms with Crippen molar-refractivity contribution in [3.8, 4) is 17.9 Å². The summed E-state index contributed by atoms with van der Waals surface area (Å²) in [5, 5.41) is 19.3. The summed E-state index contributed by atoms with van der Waals surface area (Å²) in [4.78, 5) is 15.7. The Morgan fingerprint density at radius 1 is 1.32 bits per heavy atom. The number of benzene rings is 1. The topological polar surface area (TPSA) is 67.6 Å². The van der Waals surface area contributed by atoms with Gasteiger partial charge in [0.2, 0.25) is 5.91 Å². The van der Waals surface area contributed by atoms with Crippen LogP contribution < -0.4 is 0 Å². The van der Waals surface area contributed by atoms with E-state index in [4.69, 9.17) is 0 Å². The summed E-state index contributed by atoms with van der Waals surface area (Å²) >= 11 is 0. The Hall–Kier alpha value is -2.34. The molecule has 0 aromatic heterocycles. The Labute approximate surface area is 148 Å². The Kier molecular flexibility index (Phi) is 5.08. The lowest BCUT2D eigenvalue weighted by atomic mass is 9.75. The molecule has 1 heterocycles. The van der Waals surface area contributed by atoms with Crippen molar-refractivity contribution in [3.63, 3.8) is 0 Å². The number of aliphatic hydroxyl groups excluding tert-OH is 1. The molecule has 3 rings (SSSR count). The molecule has 130 valence electrons. The summed E-state index contributed by atoms with van der Waals surface area (Å²) in [6.07, 6.45) is 2.40. The van der Waals surface area contributed by atoms with Crippen molar-refractivity contribution in [2.24, 2.45) is 5.92 Å². The fraction of sp³-hybridized carbons (Fsp3) is 0.500. The third kappa shape index (κ3) is 3.69. The zero-order chi connectivity index (χ0) is 18.0. The maximum absolute atomic E-state index is 12.4. The zero-order valence-corrected chi connectivity index (χ0v) is 14.6. The molecule has 0 spiro atoms. The van der Waals surface area contributed by atoms with Gasteiger partial charge in [0.25, 0.3) is 0 Å². The SMILES string of the molecule is CN(C)CC(=O)N1[C@H](C#N)[C@@H](c2ccc(C#CC3CC3)cc2)[C@@H]1CO. The highest BCUT2D eigenvalue weighted by molar-refractivity contribution is 5.81. The zero-order valence-electron chi connectivity index (χ0n) is 14.6. The lowest BCUT2D eigenvalue weighted by Crippen LogP contribution is -2.66. The highest BCUT2D eigenvalue weighted by Gasteiger charge is 2.51. The number of likely N-dealkylation sites (tertiary alicyclic amines) is 1. The molecule has 1 amide bonds. The van der Waals surface area contributed by atoms with Gasteiger partial charge in [0.05, 0.1) is 25.3 Å². The van der Waals surface area contributed by atoms with Gasteiger partial charge in [-0.1, -0.05) is 24.0 Å². The molecule has 1 N–H and O–H groups in total. The smallest absolute Gasteiger partial charge is 0.238 e. The second-order valence-electron chi connectivity index (χ2n) is 7.05. The number of rotatable bonds is 4. The molecular weight excluding hydrogens is 314 g/mol. The first kappa shape index (κ1) is 17.5. The van der Waals surface area contributed by atoms with E-state index in [1.54, 1.807) is 4.90 Å². The van der Waals surface area contributed by atoms with Crippen LogP contribution in [-0.4, -0.2) is 60.1 Å². The molecule has 1 saturated heterocycles. The summed E-state index contributed by atoms with van der Waals surface area (Å²) in [5.74, 6) is 6.68. The monoisotopic (exact) mass is 337 g/mol. The minimum absolute atomic E-state index is 0.126. The molecule has 0 bridgehead atoms. The van der Waals surface area contributed by atoms with Crippen molar-refractivity contribution in [1.82, 2.24) is 9.80 Å². The molecule has 5 heteroatoms. The Morgan fingerprint density at radius 2 is 2.00 bits per heavy atom. The minimum Gasteiger partial charge on any atom is -0.394 e. The maximum atomic E-state index is 12.4. The van der Waals surface area contributed by atoms with Gasteiger partial charge in [0, 0.05) is 17.4 Å². The molecule has 1 aromatic rings. The van der Waals surface area contributed by atoms with Crippen molar-refractivity contribution < 1.29 is 9.90 Å². The Balaban J connectivity index is 1.76. The maximum Gasteiger partial charge on any atom is 0.238 e. The van der Waals surface area contributed by atoms with Gasteiger partial charge in [-0.15, -0.1) is 0 Å². The van der Waals surface area contributed by atoms with E-state index in [1.165, 1.54) is 17.7 Å². The molecule has 5 nitrogen and oxygen atoms in total. The van der Waals surface area contributed by atoms with Crippen LogP contribution in [0.15, 0.2) is 24.3 Å². The Bertz CT molecular complexity index is 735. The van der Waals surface area contributed by atoms with Crippen molar-refractivity contribution in [3.05, 3.63) is 35.4 Å². The quantitative estimate of drug-likeness (QED) is 0.838. The molecule has 25 heavy (non-hydrogen) atoms. The van der Waals surface area contributed by atoms with E-state index in [0.29, 0.717) is 5.92 Å². The van der Waals surface area contributed by atoms with Gasteiger partial charge in [-0.05, 0) is 44.6 Å². The Morgan fingerprint density at radius 3 is 2.52 bits per heavy atom. The van der Waals surface area contributed by atoms with Crippen molar-refractivity contribution in [1.29, 1.82) is 5.26 Å². The molecule has 3 atom stereocenters. The average molecular weight is 337 g/mol. The number of carbonyl (C=O) groups excluding carboxylic acids is 1. The molecule has 2 fully saturated rings. The second kappa shape index (κ2) is 7.27. The number of nitrogens with zero attached hydrogens (tertiary/aromatic N) is 3. The molecule has 1 aromatic carbocycles. The molecule has 1 saturated carbocycles. The standard InChI is InChI=1S/C20H23N3O2/c1-22(2)12-19(25)23-17(11-21)20(18(23)13-24)16-9-7-15(8-10-16)6-5-14-3-4-14/h7-10,14,17-18,20,24H,3-4,12-13H2,1-2H3/t17-,18+,20-/m1/s1. The van der Waals surface area contributed by atoms with Gasteiger partial charge in [-0.3, -0.25) is 4.79 Å². The van der Waals surface area contributed by atoms with Crippen molar-refractivity contribution in [2.75, 3.05) is 27.2 Å². The van der Waals surface area contributed by atoms with E-state index in [0.717, 1.165) is 11.1 Å². The van der Waals surface area contributed by atoms with Crippen LogP contribution >= 0.6 is 0 Å². The number of carbonyl (C=O) groups is 1. The van der Waals surface area contributed by atoms with E-state index in [9.17, 15) is 15.2 Å². The number of nitriles is 1. The van der Waals surface area contributed by atoms with Crippen LogP contribution in [0.5, 0.6) is 0 Å². The van der Waals surface area contributed by atoms with E-state index in [2.05, 4.69) is 17.9 Å². The highest BCUT2D eigenvalue weighted by atomic mass is 16.3. The molecule has 1 aliphatic carbocycles. The number of hydrogen-bond acceptors (Lipinski definition) is 4. The van der Waals surface area contributed by atoms with Crippen LogP contribution in [0.1, 0.15) is 29.9 Å². The van der Waals surface area contributed by atoms with E-state index in [-0.39, 0.29) is 31.0 Å². The van der Waals surface area contributed by atoms with Gasteiger partial charge in [-0.2, -0.15) is 5.26 Å². The first-order valence-corrected chi connectivity index (χ1v) is 8.63. The van der Waals surface area contributed by atoms with E-state index < -0.39 is 6.04 Å². The van der Waals surface area contributed by atoms with Crippen LogP contribution in [-0.2, 0) is 4.79 Å². The fourth-order valence-corrected chi connectivity index (χ4v) is 3.30. The van der Waals surface area contributed by atoms with Crippen molar-refractivity contribution in [2.45, 2.75) is 30.8 Å². The molecule has 0 radical (unpaired) electrons. The summed E-state index contributed by atoms with van der Waals surface area (Å²) in [6.45, 7) is 0.0857. The number of hydrogen-bond donors (Lipinski definition) is 1. The molecule has 0 unspecified atom stereocenters. The number of aliphatic hydroxyl groups is 1. The van der Waals surface area contributed by atoms with Crippen LogP contribution in [0, 0.1) is 29.1 Å². The van der Waals surface area contributed by atoms with Crippen LogP contribution in [0.3, 0.4) is 0 Å². The number of likely N-dealkylation sites (N-methyl/N-ethyl adjacent to an activating group) is 1.